The van der Waals surface area contributed by atoms with Gasteiger partial charge >= 0.3 is 19.8 Å². The molecule has 284 valence electrons. The van der Waals surface area contributed by atoms with Gasteiger partial charge in [0.05, 0.1) is 18.8 Å². The largest absolute Gasteiger partial charge is 0.469 e. The number of carbonyl (C=O) groups excluding carboxylic acids is 2. The molecule has 2 N–H and O–H groups in total. The Morgan fingerprint density at radius 1 is 0.633 bits per heavy atom. The fourth-order valence-electron chi connectivity index (χ4n) is 5.52. The highest BCUT2D eigenvalue weighted by molar-refractivity contribution is 7.46. The summed E-state index contributed by atoms with van der Waals surface area (Å²) in [6.07, 6.45) is 37.5. The van der Waals surface area contributed by atoms with Gasteiger partial charge < -0.3 is 24.0 Å². The molecule has 0 saturated carbocycles. The molecule has 3 atom stereocenters. The van der Waals surface area contributed by atoms with Crippen LogP contribution in [0.15, 0.2) is 36.5 Å². The third kappa shape index (κ3) is 30.8. The molecule has 0 radical (unpaired) electrons. The summed E-state index contributed by atoms with van der Waals surface area (Å²) < 4.78 is 32.0. The zero-order chi connectivity index (χ0) is 35.8. The fraction of sp³-hybridized carbons (Fsp3) is 0.795. The number of ether oxygens (including phenoxy) is 3. The van der Waals surface area contributed by atoms with Gasteiger partial charge in [-0.1, -0.05) is 140 Å². The zero-order valence-electron chi connectivity index (χ0n) is 30.8. The standard InChI is InChI=1S/C39H69O9P/c1-3-5-7-9-11-13-14-15-16-18-20-22-27-31-38(40)45-33-35(34-46-49(42,43)44)47-39(41)32-28-24-23-26-30-37-36(48-37)29-25-21-19-17-12-10-8-6-4-2/h12,17,21,23,25-26,35-37H,3-11,13-16,18-20,22,24,27-34H2,1-2H3,(H2,42,43,44)/b17-12-,25-21-,26-23-/t35-,36?,37?/m1/s1. The molecule has 49 heavy (non-hydrogen) atoms. The van der Waals surface area contributed by atoms with Crippen LogP contribution in [0, 0.1) is 0 Å². The van der Waals surface area contributed by atoms with E-state index in [1.807, 2.05) is 6.08 Å². The van der Waals surface area contributed by atoms with Crippen molar-refractivity contribution in [1.82, 2.24) is 0 Å². The Morgan fingerprint density at radius 2 is 1.12 bits per heavy atom. The highest BCUT2D eigenvalue weighted by Crippen LogP contribution is 2.36. The van der Waals surface area contributed by atoms with Gasteiger partial charge in [-0.25, -0.2) is 4.57 Å². The molecule has 0 amide bonds. The van der Waals surface area contributed by atoms with Crippen molar-refractivity contribution in [2.75, 3.05) is 13.2 Å². The maximum absolute atomic E-state index is 12.4. The van der Waals surface area contributed by atoms with Crippen LogP contribution in [0.1, 0.15) is 168 Å². The quantitative estimate of drug-likeness (QED) is 0.0220. The smallest absolute Gasteiger partial charge is 0.462 e. The zero-order valence-corrected chi connectivity index (χ0v) is 31.7. The Hall–Kier alpha value is -1.77. The third-order valence-corrected chi connectivity index (χ3v) is 9.05. The van der Waals surface area contributed by atoms with Crippen LogP contribution < -0.4 is 0 Å². The van der Waals surface area contributed by atoms with Gasteiger partial charge in [0.1, 0.15) is 6.61 Å². The van der Waals surface area contributed by atoms with Gasteiger partial charge in [0.2, 0.25) is 0 Å². The van der Waals surface area contributed by atoms with Crippen molar-refractivity contribution in [2.24, 2.45) is 0 Å². The summed E-state index contributed by atoms with van der Waals surface area (Å²) in [6, 6.07) is 0. The van der Waals surface area contributed by atoms with Crippen LogP contribution in [0.3, 0.4) is 0 Å². The third-order valence-electron chi connectivity index (χ3n) is 8.56. The van der Waals surface area contributed by atoms with Crippen LogP contribution in [-0.2, 0) is 32.9 Å². The van der Waals surface area contributed by atoms with E-state index in [1.54, 1.807) is 0 Å². The molecule has 1 fully saturated rings. The lowest BCUT2D eigenvalue weighted by Gasteiger charge is -2.18. The van der Waals surface area contributed by atoms with E-state index in [4.69, 9.17) is 24.0 Å². The van der Waals surface area contributed by atoms with E-state index in [9.17, 15) is 14.2 Å². The molecule has 9 nitrogen and oxygen atoms in total. The second kappa shape index (κ2) is 31.0. The van der Waals surface area contributed by atoms with Crippen LogP contribution in [0.2, 0.25) is 0 Å². The van der Waals surface area contributed by atoms with E-state index in [2.05, 4.69) is 48.8 Å². The summed E-state index contributed by atoms with van der Waals surface area (Å²) in [4.78, 5) is 42.8. The summed E-state index contributed by atoms with van der Waals surface area (Å²) in [5.74, 6) is -0.956. The molecule has 0 aromatic carbocycles. The Kier molecular flexibility index (Phi) is 28.6. The van der Waals surface area contributed by atoms with E-state index < -0.39 is 32.5 Å². The van der Waals surface area contributed by atoms with Crippen molar-refractivity contribution >= 4 is 19.8 Å². The molecule has 2 unspecified atom stereocenters. The van der Waals surface area contributed by atoms with Crippen LogP contribution >= 0.6 is 7.82 Å². The minimum atomic E-state index is -4.77. The van der Waals surface area contributed by atoms with Gasteiger partial charge in [0, 0.05) is 12.8 Å². The van der Waals surface area contributed by atoms with E-state index >= 15 is 0 Å². The van der Waals surface area contributed by atoms with E-state index in [-0.39, 0.29) is 31.7 Å². The molecule has 0 spiro atoms. The van der Waals surface area contributed by atoms with Crippen molar-refractivity contribution < 1.29 is 42.7 Å². The number of hydrogen-bond acceptors (Lipinski definition) is 7. The van der Waals surface area contributed by atoms with Gasteiger partial charge in [0.15, 0.2) is 6.10 Å². The number of phosphoric acid groups is 1. The first kappa shape index (κ1) is 45.3. The Balaban J connectivity index is 2.14. The Bertz CT molecular complexity index is 958. The molecule has 1 saturated heterocycles. The van der Waals surface area contributed by atoms with Crippen LogP contribution in [0.4, 0.5) is 0 Å². The molecule has 0 aromatic rings. The first-order valence-electron chi connectivity index (χ1n) is 19.4. The topological polar surface area (TPSA) is 132 Å². The number of unbranched alkanes of at least 4 members (excludes halogenated alkanes) is 16. The lowest BCUT2D eigenvalue weighted by molar-refractivity contribution is -0.161. The molecular weight excluding hydrogens is 643 g/mol. The maximum Gasteiger partial charge on any atom is 0.469 e. The maximum atomic E-state index is 12.4. The van der Waals surface area contributed by atoms with Crippen molar-refractivity contribution in [3.05, 3.63) is 36.5 Å². The highest BCUT2D eigenvalue weighted by Gasteiger charge is 2.36. The SMILES string of the molecule is CCCCC/C=C\C/C=C\CC1OC1C/C=C\CCCC(=O)O[C@H](COC(=O)CCCCCCCCCCCCCCC)COP(=O)(O)O. The van der Waals surface area contributed by atoms with E-state index in [0.29, 0.717) is 12.8 Å². The van der Waals surface area contributed by atoms with Gasteiger partial charge in [-0.2, -0.15) is 0 Å². The number of phosphoric ester groups is 1. The Morgan fingerprint density at radius 3 is 1.73 bits per heavy atom. The number of hydrogen-bond donors (Lipinski definition) is 2. The fourth-order valence-corrected chi connectivity index (χ4v) is 5.88. The molecular formula is C39H69O9P. The van der Waals surface area contributed by atoms with Crippen molar-refractivity contribution in [3.8, 4) is 0 Å². The van der Waals surface area contributed by atoms with E-state index in [0.717, 1.165) is 44.9 Å². The van der Waals surface area contributed by atoms with Crippen LogP contribution in [-0.4, -0.2) is 53.3 Å². The van der Waals surface area contributed by atoms with E-state index in [1.165, 1.54) is 83.5 Å². The average Bonchev–Trinajstić information content (AvgIpc) is 3.82. The first-order valence-corrected chi connectivity index (χ1v) is 20.9. The minimum absolute atomic E-state index is 0.129. The average molecular weight is 713 g/mol. The van der Waals surface area contributed by atoms with Gasteiger partial charge in [-0.05, 0) is 51.4 Å². The highest BCUT2D eigenvalue weighted by atomic mass is 31.2. The number of rotatable bonds is 34. The molecule has 1 aliphatic rings. The predicted octanol–water partition coefficient (Wildman–Crippen LogP) is 10.4. The Labute approximate surface area is 297 Å². The molecule has 0 aromatic heterocycles. The first-order chi connectivity index (χ1) is 23.7. The summed E-state index contributed by atoms with van der Waals surface area (Å²) in [5, 5.41) is 0. The molecule has 0 bridgehead atoms. The summed E-state index contributed by atoms with van der Waals surface area (Å²) in [7, 11) is -4.77. The van der Waals surface area contributed by atoms with Gasteiger partial charge in [0.25, 0.3) is 0 Å². The van der Waals surface area contributed by atoms with Gasteiger partial charge in [-0.3, -0.25) is 14.1 Å². The van der Waals surface area contributed by atoms with Crippen molar-refractivity contribution in [1.29, 1.82) is 0 Å². The summed E-state index contributed by atoms with van der Waals surface area (Å²) in [5.41, 5.74) is 0. The summed E-state index contributed by atoms with van der Waals surface area (Å²) in [6.45, 7) is 3.59. The molecule has 1 rings (SSSR count). The molecule has 10 heteroatoms. The minimum Gasteiger partial charge on any atom is -0.462 e. The number of esters is 2. The molecule has 0 aliphatic carbocycles. The lowest BCUT2D eigenvalue weighted by atomic mass is 10.0. The number of carbonyl (C=O) groups is 2. The second-order valence-corrected chi connectivity index (χ2v) is 14.5. The predicted molar refractivity (Wildman–Crippen MR) is 197 cm³/mol. The van der Waals surface area contributed by atoms with Crippen LogP contribution in [0.5, 0.6) is 0 Å². The normalized spacial score (nSPS) is 17.0. The number of epoxide rings is 1. The van der Waals surface area contributed by atoms with Crippen molar-refractivity contribution in [3.63, 3.8) is 0 Å². The summed E-state index contributed by atoms with van der Waals surface area (Å²) >= 11 is 0. The molecule has 1 aliphatic heterocycles. The number of allylic oxidation sites excluding steroid dienone is 4. The van der Waals surface area contributed by atoms with Crippen molar-refractivity contribution in [2.45, 2.75) is 186 Å². The van der Waals surface area contributed by atoms with Crippen LogP contribution in [0.25, 0.3) is 0 Å². The molecule has 1 heterocycles. The lowest BCUT2D eigenvalue weighted by Crippen LogP contribution is -2.29. The monoisotopic (exact) mass is 712 g/mol. The second-order valence-electron chi connectivity index (χ2n) is 13.3. The van der Waals surface area contributed by atoms with Gasteiger partial charge in [-0.15, -0.1) is 0 Å².